The maximum Gasteiger partial charge on any atom is 0.411 e. The molecule has 0 spiro atoms. The second kappa shape index (κ2) is 13.3. The number of benzene rings is 2. The molecule has 0 aliphatic heterocycles. The van der Waals surface area contributed by atoms with Gasteiger partial charge in [-0.1, -0.05) is 65.5 Å². The number of ether oxygens (including phenoxy) is 1. The van der Waals surface area contributed by atoms with Gasteiger partial charge in [0.1, 0.15) is 11.9 Å². The normalized spacial score (nSPS) is 32.5. The van der Waals surface area contributed by atoms with Crippen molar-refractivity contribution in [1.82, 2.24) is 0 Å². The number of anilines is 1. The van der Waals surface area contributed by atoms with Crippen LogP contribution in [0.15, 0.2) is 70.0 Å². The van der Waals surface area contributed by atoms with E-state index in [4.69, 9.17) is 4.74 Å². The SMILES string of the molecule is CC(C)CCC[C@H](C)[C@H]1CC[C@H]2[C@@H]3CC=C4C[C@@H](OC(=O)Nc5ccc(S(=O)(=O)c6ccc(F)cc6)cc5)CC[C@]4(C)[C@H]3CC[C@]12C. The molecule has 0 heterocycles. The molecule has 1 N–H and O–H groups in total. The number of amides is 1. The van der Waals surface area contributed by atoms with Gasteiger partial charge < -0.3 is 4.74 Å². The van der Waals surface area contributed by atoms with Crippen LogP contribution in [-0.4, -0.2) is 20.6 Å². The first-order chi connectivity index (χ1) is 22.3. The van der Waals surface area contributed by atoms with Crippen LogP contribution in [0.1, 0.15) is 105 Å². The van der Waals surface area contributed by atoms with Crippen LogP contribution in [0.5, 0.6) is 0 Å². The summed E-state index contributed by atoms with van der Waals surface area (Å²) >= 11 is 0. The topological polar surface area (TPSA) is 72.5 Å². The molecule has 0 bridgehead atoms. The van der Waals surface area contributed by atoms with Crippen LogP contribution in [0.4, 0.5) is 14.9 Å². The maximum atomic E-state index is 13.3. The fourth-order valence-corrected chi connectivity index (χ4v) is 11.8. The van der Waals surface area contributed by atoms with Gasteiger partial charge in [-0.15, -0.1) is 0 Å². The zero-order chi connectivity index (χ0) is 33.6. The summed E-state index contributed by atoms with van der Waals surface area (Å²) in [6.07, 6.45) is 15.3. The first-order valence-electron chi connectivity index (χ1n) is 18.1. The Morgan fingerprint density at radius 3 is 2.28 bits per heavy atom. The largest absolute Gasteiger partial charge is 0.446 e. The number of hydrogen-bond donors (Lipinski definition) is 1. The minimum Gasteiger partial charge on any atom is -0.446 e. The summed E-state index contributed by atoms with van der Waals surface area (Å²) in [6.45, 7) is 12.4. The van der Waals surface area contributed by atoms with Gasteiger partial charge in [0.2, 0.25) is 9.84 Å². The zero-order valence-corrected chi connectivity index (χ0v) is 29.8. The first kappa shape index (κ1) is 34.2. The lowest BCUT2D eigenvalue weighted by molar-refractivity contribution is -0.0577. The Kier molecular flexibility index (Phi) is 9.70. The fraction of sp³-hybridized carbons (Fsp3) is 0.625. The summed E-state index contributed by atoms with van der Waals surface area (Å²) < 4.78 is 45.0. The molecule has 47 heavy (non-hydrogen) atoms. The van der Waals surface area contributed by atoms with Crippen LogP contribution in [0, 0.1) is 52.2 Å². The number of rotatable bonds is 9. The van der Waals surface area contributed by atoms with Crippen molar-refractivity contribution in [3.63, 3.8) is 0 Å². The van der Waals surface area contributed by atoms with Crippen LogP contribution in [0.3, 0.4) is 0 Å². The number of carbonyl (C=O) groups excluding carboxylic acids is 1. The zero-order valence-electron chi connectivity index (χ0n) is 28.9. The minimum atomic E-state index is -3.79. The Balaban J connectivity index is 1.05. The van der Waals surface area contributed by atoms with Gasteiger partial charge in [-0.3, -0.25) is 5.32 Å². The van der Waals surface area contributed by atoms with Crippen LogP contribution >= 0.6 is 0 Å². The quantitative estimate of drug-likeness (QED) is 0.214. The third kappa shape index (κ3) is 6.67. The lowest BCUT2D eigenvalue weighted by Gasteiger charge is -2.58. The van der Waals surface area contributed by atoms with Gasteiger partial charge in [0.15, 0.2) is 0 Å². The van der Waals surface area contributed by atoms with Gasteiger partial charge in [-0.05, 0) is 140 Å². The molecule has 6 rings (SSSR count). The molecule has 4 aliphatic rings. The van der Waals surface area contributed by atoms with E-state index in [1.807, 2.05) is 0 Å². The standard InChI is InChI=1S/C40H54FNO4S/c1-26(2)7-6-8-27(3)35-19-20-36-34-18-9-28-25-31(21-23-39(28,4)37(34)22-24-40(35,36)5)46-38(43)42-30-12-16-33(17-13-30)47(44,45)32-14-10-29(41)11-15-32/h9-17,26-27,31,34-37H,6-8,18-25H2,1-5H3,(H,42,43)/t27-,31-,34-,35+,36-,37-,39-,40+/m0/s1. The Morgan fingerprint density at radius 2 is 1.60 bits per heavy atom. The molecule has 0 radical (unpaired) electrons. The molecule has 2 aromatic carbocycles. The van der Waals surface area contributed by atoms with Crippen molar-refractivity contribution in [2.24, 2.45) is 46.3 Å². The Bertz CT molecular complexity index is 1570. The minimum absolute atomic E-state index is 0.0171. The highest BCUT2D eigenvalue weighted by molar-refractivity contribution is 7.91. The molecule has 2 aromatic rings. The van der Waals surface area contributed by atoms with Gasteiger partial charge in [0.05, 0.1) is 9.79 Å². The van der Waals surface area contributed by atoms with E-state index in [-0.39, 0.29) is 21.3 Å². The molecule has 5 nitrogen and oxygen atoms in total. The van der Waals surface area contributed by atoms with E-state index in [0.717, 1.165) is 73.3 Å². The van der Waals surface area contributed by atoms with Crippen LogP contribution in [0.2, 0.25) is 0 Å². The van der Waals surface area contributed by atoms with Crippen molar-refractivity contribution < 1.29 is 22.3 Å². The van der Waals surface area contributed by atoms with Crippen molar-refractivity contribution in [2.75, 3.05) is 5.32 Å². The van der Waals surface area contributed by atoms with Crippen LogP contribution < -0.4 is 5.32 Å². The molecule has 3 fully saturated rings. The van der Waals surface area contributed by atoms with E-state index in [9.17, 15) is 17.6 Å². The molecule has 0 aromatic heterocycles. The average Bonchev–Trinajstić information content (AvgIpc) is 3.39. The third-order valence-corrected chi connectivity index (χ3v) is 14.9. The molecule has 256 valence electrons. The highest BCUT2D eigenvalue weighted by atomic mass is 32.2. The molecule has 3 saturated carbocycles. The van der Waals surface area contributed by atoms with Crippen molar-refractivity contribution >= 4 is 21.6 Å². The molecular formula is C40H54FNO4S. The molecule has 1 amide bonds. The van der Waals surface area contributed by atoms with Gasteiger partial charge in [0, 0.05) is 12.1 Å². The molecule has 0 saturated heterocycles. The van der Waals surface area contributed by atoms with E-state index in [0.29, 0.717) is 11.1 Å². The predicted octanol–water partition coefficient (Wildman–Crippen LogP) is 10.6. The number of halogens is 1. The number of nitrogens with one attached hydrogen (secondary N) is 1. The van der Waals surface area contributed by atoms with Crippen molar-refractivity contribution in [1.29, 1.82) is 0 Å². The number of hydrogen-bond acceptors (Lipinski definition) is 4. The lowest BCUT2D eigenvalue weighted by atomic mass is 9.47. The van der Waals surface area contributed by atoms with Crippen molar-refractivity contribution in [3.8, 4) is 0 Å². The molecule has 8 atom stereocenters. The monoisotopic (exact) mass is 663 g/mol. The highest BCUT2D eigenvalue weighted by Gasteiger charge is 2.59. The summed E-state index contributed by atoms with van der Waals surface area (Å²) in [4.78, 5) is 13.0. The van der Waals surface area contributed by atoms with Gasteiger partial charge in [0.25, 0.3) is 0 Å². The van der Waals surface area contributed by atoms with Gasteiger partial charge >= 0.3 is 6.09 Å². The fourth-order valence-electron chi connectivity index (χ4n) is 10.5. The molecule has 7 heteroatoms. The van der Waals surface area contributed by atoms with Crippen molar-refractivity contribution in [2.45, 2.75) is 121 Å². The second-order valence-electron chi connectivity index (χ2n) is 16.2. The molecule has 0 unspecified atom stereocenters. The van der Waals surface area contributed by atoms with E-state index in [1.165, 1.54) is 74.8 Å². The van der Waals surface area contributed by atoms with Gasteiger partial charge in [-0.2, -0.15) is 0 Å². The van der Waals surface area contributed by atoms with Gasteiger partial charge in [-0.25, -0.2) is 17.6 Å². The average molecular weight is 664 g/mol. The third-order valence-electron chi connectivity index (χ3n) is 13.1. The number of allylic oxidation sites excluding steroid dienone is 1. The first-order valence-corrected chi connectivity index (χ1v) is 19.6. The molecular weight excluding hydrogens is 610 g/mol. The summed E-state index contributed by atoms with van der Waals surface area (Å²) in [5.74, 6) is 4.29. The Labute approximate surface area is 282 Å². The van der Waals surface area contributed by atoms with E-state index in [2.05, 4.69) is 46.0 Å². The van der Waals surface area contributed by atoms with E-state index in [1.54, 1.807) is 12.1 Å². The van der Waals surface area contributed by atoms with Crippen molar-refractivity contribution in [3.05, 3.63) is 66.0 Å². The number of sulfone groups is 1. The number of fused-ring (bicyclic) bond motifs is 5. The maximum absolute atomic E-state index is 13.3. The lowest BCUT2D eigenvalue weighted by Crippen LogP contribution is -2.51. The Hall–Kier alpha value is -2.67. The Morgan fingerprint density at radius 1 is 0.915 bits per heavy atom. The van der Waals surface area contributed by atoms with Crippen LogP contribution in [-0.2, 0) is 14.6 Å². The summed E-state index contributed by atoms with van der Waals surface area (Å²) in [5, 5.41) is 2.78. The number of carbonyl (C=O) groups is 1. The highest BCUT2D eigenvalue weighted by Crippen LogP contribution is 2.67. The summed E-state index contributed by atoms with van der Waals surface area (Å²) in [5.41, 5.74) is 2.61. The second-order valence-corrected chi connectivity index (χ2v) is 18.1. The van der Waals surface area contributed by atoms with E-state index < -0.39 is 21.7 Å². The predicted molar refractivity (Wildman–Crippen MR) is 185 cm³/mol. The smallest absolute Gasteiger partial charge is 0.411 e. The summed E-state index contributed by atoms with van der Waals surface area (Å²) in [6, 6.07) is 10.7. The summed E-state index contributed by atoms with van der Waals surface area (Å²) in [7, 11) is -3.79. The van der Waals surface area contributed by atoms with E-state index >= 15 is 0 Å². The molecule has 4 aliphatic carbocycles. The van der Waals surface area contributed by atoms with Crippen LogP contribution in [0.25, 0.3) is 0 Å².